The minimum Gasteiger partial charge on any atom is -0.619 e. The molecule has 0 saturated heterocycles. The predicted molar refractivity (Wildman–Crippen MR) is 134 cm³/mol. The zero-order chi connectivity index (χ0) is 24.4. The molecule has 10 heteroatoms. The van der Waals surface area contributed by atoms with Crippen LogP contribution in [0.2, 0.25) is 9.36 Å². The number of para-hydroxylation sites is 1. The number of thiazole rings is 1. The summed E-state index contributed by atoms with van der Waals surface area (Å²) in [5, 5.41) is 15.9. The Morgan fingerprint density at radius 1 is 1.29 bits per heavy atom. The number of pyridine rings is 2. The van der Waals surface area contributed by atoms with Gasteiger partial charge in [-0.25, -0.2) is 9.97 Å². The van der Waals surface area contributed by atoms with Gasteiger partial charge < -0.3 is 15.3 Å². The molecule has 0 aliphatic heterocycles. The third kappa shape index (κ3) is 5.09. The molecule has 1 aromatic carbocycles. The maximum Gasteiger partial charge on any atom is 0.222 e. The molecule has 4 rings (SSSR count). The molecule has 4 aromatic rings. The molecule has 0 atom stereocenters. The molecule has 176 valence electrons. The standard InChI is InChI=1S/C24H22Cl2N4O3S/c1-13(2)24(31)27-8-15-9-30(32)10-19(25)18(15)11-33-20-6-4-5-16-17(7-14(3)29-21(16)20)22-23(26)34-12-28-22/h4-7,9-10,12-13H,8,11H2,1-3H3,(H,27,31). The van der Waals surface area contributed by atoms with Crippen molar-refractivity contribution in [1.29, 1.82) is 0 Å². The van der Waals surface area contributed by atoms with Gasteiger partial charge in [0, 0.05) is 40.2 Å². The molecule has 1 amide bonds. The second-order valence-electron chi connectivity index (χ2n) is 8.07. The summed E-state index contributed by atoms with van der Waals surface area (Å²) >= 11 is 14.1. The highest BCUT2D eigenvalue weighted by atomic mass is 35.5. The van der Waals surface area contributed by atoms with Crippen LogP contribution in [0.5, 0.6) is 5.75 Å². The number of nitrogens with zero attached hydrogens (tertiary/aromatic N) is 3. The molecular weight excluding hydrogens is 495 g/mol. The number of aryl methyl sites for hydroxylation is 1. The molecule has 0 radical (unpaired) electrons. The molecule has 0 aliphatic carbocycles. The van der Waals surface area contributed by atoms with Crippen molar-refractivity contribution in [2.45, 2.75) is 33.9 Å². The normalized spacial score (nSPS) is 11.2. The predicted octanol–water partition coefficient (Wildman–Crippen LogP) is 5.46. The molecule has 0 unspecified atom stereocenters. The summed E-state index contributed by atoms with van der Waals surface area (Å²) in [6, 6.07) is 7.60. The summed E-state index contributed by atoms with van der Waals surface area (Å²) in [5.74, 6) is 0.260. The number of carbonyl (C=O) groups is 1. The fourth-order valence-electron chi connectivity index (χ4n) is 3.53. The number of fused-ring (bicyclic) bond motifs is 1. The number of nitrogens with one attached hydrogen (secondary N) is 1. The lowest BCUT2D eigenvalue weighted by Crippen LogP contribution is -2.31. The summed E-state index contributed by atoms with van der Waals surface area (Å²) in [7, 11) is 0. The first kappa shape index (κ1) is 24.2. The van der Waals surface area contributed by atoms with Crippen LogP contribution < -0.4 is 14.8 Å². The fraction of sp³-hybridized carbons (Fsp3) is 0.250. The van der Waals surface area contributed by atoms with Crippen LogP contribution in [0.3, 0.4) is 0 Å². The monoisotopic (exact) mass is 516 g/mol. The Kier molecular flexibility index (Phi) is 7.21. The van der Waals surface area contributed by atoms with Gasteiger partial charge in [0.25, 0.3) is 0 Å². The molecular formula is C24H22Cl2N4O3S. The van der Waals surface area contributed by atoms with Crippen LogP contribution >= 0.6 is 34.5 Å². The number of hydrogen-bond donors (Lipinski definition) is 1. The van der Waals surface area contributed by atoms with E-state index in [1.165, 1.54) is 23.7 Å². The molecule has 3 aromatic heterocycles. The van der Waals surface area contributed by atoms with Crippen LogP contribution in [0.25, 0.3) is 22.2 Å². The van der Waals surface area contributed by atoms with Gasteiger partial charge in [-0.2, -0.15) is 4.73 Å². The summed E-state index contributed by atoms with van der Waals surface area (Å²) in [4.78, 5) is 21.1. The molecule has 0 aliphatic rings. The lowest BCUT2D eigenvalue weighted by atomic mass is 10.0. The summed E-state index contributed by atoms with van der Waals surface area (Å²) < 4.78 is 7.38. The zero-order valence-electron chi connectivity index (χ0n) is 18.8. The van der Waals surface area contributed by atoms with Crippen molar-refractivity contribution in [2.24, 2.45) is 5.92 Å². The van der Waals surface area contributed by atoms with Gasteiger partial charge in [-0.05, 0) is 19.1 Å². The average Bonchev–Trinajstić information content (AvgIpc) is 3.21. The molecule has 34 heavy (non-hydrogen) atoms. The van der Waals surface area contributed by atoms with Gasteiger partial charge in [0.15, 0.2) is 12.4 Å². The van der Waals surface area contributed by atoms with E-state index in [4.69, 9.17) is 27.9 Å². The van der Waals surface area contributed by atoms with E-state index in [1.807, 2.05) is 31.2 Å². The van der Waals surface area contributed by atoms with E-state index in [2.05, 4.69) is 15.3 Å². The second kappa shape index (κ2) is 10.1. The van der Waals surface area contributed by atoms with Crippen molar-refractivity contribution >= 4 is 51.3 Å². The lowest BCUT2D eigenvalue weighted by Gasteiger charge is -2.15. The Morgan fingerprint density at radius 2 is 2.09 bits per heavy atom. The zero-order valence-corrected chi connectivity index (χ0v) is 21.1. The quantitative estimate of drug-likeness (QED) is 0.260. The Morgan fingerprint density at radius 3 is 2.79 bits per heavy atom. The first-order valence-electron chi connectivity index (χ1n) is 10.5. The van der Waals surface area contributed by atoms with Crippen molar-refractivity contribution in [3.05, 3.63) is 73.6 Å². The molecule has 0 saturated carbocycles. The van der Waals surface area contributed by atoms with Crippen LogP contribution in [-0.2, 0) is 17.9 Å². The van der Waals surface area contributed by atoms with Gasteiger partial charge in [0.1, 0.15) is 32.9 Å². The number of carbonyl (C=O) groups excluding carboxylic acids is 1. The van der Waals surface area contributed by atoms with Gasteiger partial charge in [-0.3, -0.25) is 4.79 Å². The van der Waals surface area contributed by atoms with Crippen LogP contribution in [0.1, 0.15) is 30.7 Å². The minimum absolute atomic E-state index is 0.0914. The van der Waals surface area contributed by atoms with Crippen LogP contribution in [-0.4, -0.2) is 15.9 Å². The molecule has 7 nitrogen and oxygen atoms in total. The number of benzene rings is 1. The Balaban J connectivity index is 1.68. The highest BCUT2D eigenvalue weighted by Gasteiger charge is 2.18. The topological polar surface area (TPSA) is 91.0 Å². The van der Waals surface area contributed by atoms with Crippen LogP contribution in [0, 0.1) is 18.0 Å². The lowest BCUT2D eigenvalue weighted by molar-refractivity contribution is -0.605. The minimum atomic E-state index is -0.177. The van der Waals surface area contributed by atoms with Gasteiger partial charge in [-0.15, -0.1) is 11.3 Å². The first-order chi connectivity index (χ1) is 16.2. The molecule has 0 spiro atoms. The average molecular weight is 517 g/mol. The highest BCUT2D eigenvalue weighted by molar-refractivity contribution is 7.14. The maximum atomic E-state index is 12.0. The molecule has 0 bridgehead atoms. The van der Waals surface area contributed by atoms with E-state index in [9.17, 15) is 10.0 Å². The van der Waals surface area contributed by atoms with Gasteiger partial charge in [0.2, 0.25) is 5.91 Å². The number of aromatic nitrogens is 3. The van der Waals surface area contributed by atoms with Crippen molar-refractivity contribution in [3.63, 3.8) is 0 Å². The maximum absolute atomic E-state index is 12.0. The summed E-state index contributed by atoms with van der Waals surface area (Å²) in [6.45, 7) is 5.75. The van der Waals surface area contributed by atoms with Crippen molar-refractivity contribution in [1.82, 2.24) is 15.3 Å². The van der Waals surface area contributed by atoms with Gasteiger partial charge in [0.05, 0.1) is 5.51 Å². The van der Waals surface area contributed by atoms with Crippen LogP contribution in [0.15, 0.2) is 42.2 Å². The fourth-order valence-corrected chi connectivity index (χ4v) is 4.60. The van der Waals surface area contributed by atoms with E-state index in [0.29, 0.717) is 37.2 Å². The molecule has 3 heterocycles. The third-order valence-electron chi connectivity index (χ3n) is 5.26. The summed E-state index contributed by atoms with van der Waals surface area (Å²) in [6.07, 6.45) is 2.65. The Labute approximate surface area is 210 Å². The van der Waals surface area contributed by atoms with E-state index in [-0.39, 0.29) is 30.0 Å². The van der Waals surface area contributed by atoms with E-state index >= 15 is 0 Å². The molecule has 1 N–H and O–H groups in total. The first-order valence-corrected chi connectivity index (χ1v) is 12.2. The Bertz CT molecular complexity index is 1370. The second-order valence-corrected chi connectivity index (χ2v) is 9.93. The van der Waals surface area contributed by atoms with Gasteiger partial charge in [-0.1, -0.05) is 49.2 Å². The smallest absolute Gasteiger partial charge is 0.222 e. The van der Waals surface area contributed by atoms with E-state index in [0.717, 1.165) is 16.6 Å². The number of rotatable bonds is 7. The Hall–Kier alpha value is -2.94. The van der Waals surface area contributed by atoms with Gasteiger partial charge >= 0.3 is 0 Å². The van der Waals surface area contributed by atoms with E-state index in [1.54, 1.807) is 19.4 Å². The SMILES string of the molecule is Cc1cc(-c2ncsc2Cl)c2cccc(OCc3c(Cl)c[n+]([O-])cc3CNC(=O)C(C)C)c2n1. The summed E-state index contributed by atoms with van der Waals surface area (Å²) in [5.41, 5.74) is 5.95. The molecule has 0 fully saturated rings. The van der Waals surface area contributed by atoms with Crippen molar-refractivity contribution in [2.75, 3.05) is 0 Å². The van der Waals surface area contributed by atoms with Crippen molar-refractivity contribution < 1.29 is 14.3 Å². The van der Waals surface area contributed by atoms with Crippen molar-refractivity contribution in [3.8, 4) is 17.0 Å². The van der Waals surface area contributed by atoms with Crippen LogP contribution in [0.4, 0.5) is 0 Å². The third-order valence-corrected chi connectivity index (χ3v) is 6.64. The number of hydrogen-bond acceptors (Lipinski definition) is 6. The number of amides is 1. The largest absolute Gasteiger partial charge is 0.619 e. The highest BCUT2D eigenvalue weighted by Crippen LogP contribution is 2.37. The number of ether oxygens (including phenoxy) is 1. The van der Waals surface area contributed by atoms with E-state index < -0.39 is 0 Å². The number of halogens is 2.